The van der Waals surface area contributed by atoms with Crippen LogP contribution >= 0.6 is 0 Å². The second-order valence-electron chi connectivity index (χ2n) is 4.76. The van der Waals surface area contributed by atoms with E-state index >= 15 is 0 Å². The number of halogens is 3. The number of benzene rings is 1. The van der Waals surface area contributed by atoms with Crippen LogP contribution in [0.4, 0.5) is 13.2 Å². The molecule has 0 fully saturated rings. The Labute approximate surface area is 114 Å². The van der Waals surface area contributed by atoms with Gasteiger partial charge in [-0.1, -0.05) is 12.1 Å². The van der Waals surface area contributed by atoms with Gasteiger partial charge in [-0.05, 0) is 31.5 Å². The molecule has 0 unspecified atom stereocenters. The van der Waals surface area contributed by atoms with Gasteiger partial charge in [0.15, 0.2) is 5.43 Å². The van der Waals surface area contributed by atoms with Crippen molar-refractivity contribution in [1.82, 2.24) is 4.57 Å². The summed E-state index contributed by atoms with van der Waals surface area (Å²) in [6, 6.07) is 8.17. The number of alkyl halides is 3. The standard InChI is InChI=1S/C15H14F3NO/c1-10-6-14(20)7-11(2)19(10)9-12-4-3-5-13(8-12)15(16,17)18/h3-8H,9H2,1-2H3. The maximum Gasteiger partial charge on any atom is 0.416 e. The quantitative estimate of drug-likeness (QED) is 0.825. The molecule has 0 aliphatic heterocycles. The van der Waals surface area contributed by atoms with Gasteiger partial charge >= 0.3 is 6.18 Å². The molecule has 2 aromatic rings. The number of nitrogens with zero attached hydrogens (tertiary/aromatic N) is 1. The van der Waals surface area contributed by atoms with Crippen LogP contribution in [0.1, 0.15) is 22.5 Å². The Morgan fingerprint density at radius 1 is 1.05 bits per heavy atom. The van der Waals surface area contributed by atoms with Crippen LogP contribution in [0.3, 0.4) is 0 Å². The topological polar surface area (TPSA) is 22.0 Å². The molecule has 5 heteroatoms. The number of hydrogen-bond acceptors (Lipinski definition) is 1. The van der Waals surface area contributed by atoms with Crippen molar-refractivity contribution in [2.45, 2.75) is 26.6 Å². The maximum atomic E-state index is 12.7. The third-order valence-electron chi connectivity index (χ3n) is 3.15. The molecule has 1 aromatic heterocycles. The highest BCUT2D eigenvalue weighted by Crippen LogP contribution is 2.29. The van der Waals surface area contributed by atoms with Crippen molar-refractivity contribution in [3.63, 3.8) is 0 Å². The van der Waals surface area contributed by atoms with Gasteiger partial charge in [0.25, 0.3) is 0 Å². The Kier molecular flexibility index (Phi) is 3.70. The molecule has 2 nitrogen and oxygen atoms in total. The highest BCUT2D eigenvalue weighted by Gasteiger charge is 2.30. The van der Waals surface area contributed by atoms with Gasteiger partial charge < -0.3 is 4.57 Å². The lowest BCUT2D eigenvalue weighted by Crippen LogP contribution is -2.14. The molecule has 0 amide bonds. The Hall–Kier alpha value is -2.04. The third kappa shape index (κ3) is 3.10. The highest BCUT2D eigenvalue weighted by molar-refractivity contribution is 5.27. The fourth-order valence-corrected chi connectivity index (χ4v) is 2.17. The van der Waals surface area contributed by atoms with Gasteiger partial charge in [0.05, 0.1) is 5.56 Å². The third-order valence-corrected chi connectivity index (χ3v) is 3.15. The number of pyridine rings is 1. The first-order chi connectivity index (χ1) is 9.27. The number of aryl methyl sites for hydroxylation is 2. The van der Waals surface area contributed by atoms with E-state index in [1.165, 1.54) is 18.2 Å². The second-order valence-corrected chi connectivity index (χ2v) is 4.76. The number of aromatic nitrogens is 1. The summed E-state index contributed by atoms with van der Waals surface area (Å²) >= 11 is 0. The summed E-state index contributed by atoms with van der Waals surface area (Å²) in [7, 11) is 0. The molecular weight excluding hydrogens is 267 g/mol. The minimum absolute atomic E-state index is 0.0970. The molecule has 1 aromatic carbocycles. The normalized spacial score (nSPS) is 11.7. The van der Waals surface area contributed by atoms with Gasteiger partial charge in [-0.25, -0.2) is 0 Å². The molecule has 2 rings (SSSR count). The molecule has 0 radical (unpaired) electrons. The fourth-order valence-electron chi connectivity index (χ4n) is 2.17. The summed E-state index contributed by atoms with van der Waals surface area (Å²) in [6.45, 7) is 3.84. The van der Waals surface area contributed by atoms with Crippen molar-refractivity contribution < 1.29 is 13.2 Å². The van der Waals surface area contributed by atoms with Crippen LogP contribution in [-0.4, -0.2) is 4.57 Å². The van der Waals surface area contributed by atoms with Gasteiger partial charge in [0.1, 0.15) is 0 Å². The van der Waals surface area contributed by atoms with E-state index in [-0.39, 0.29) is 5.43 Å². The van der Waals surface area contributed by atoms with Crippen molar-refractivity contribution >= 4 is 0 Å². The predicted molar refractivity (Wildman–Crippen MR) is 70.7 cm³/mol. The Morgan fingerprint density at radius 2 is 1.65 bits per heavy atom. The first-order valence-corrected chi connectivity index (χ1v) is 6.11. The molecule has 0 saturated carbocycles. The minimum atomic E-state index is -4.34. The Balaban J connectivity index is 2.39. The van der Waals surface area contributed by atoms with Gasteiger partial charge in [0.2, 0.25) is 0 Å². The van der Waals surface area contributed by atoms with Gasteiger partial charge in [-0.2, -0.15) is 13.2 Å². The van der Waals surface area contributed by atoms with Gasteiger partial charge in [-0.15, -0.1) is 0 Å². The van der Waals surface area contributed by atoms with Gasteiger partial charge in [0, 0.05) is 30.1 Å². The van der Waals surface area contributed by atoms with E-state index in [1.807, 2.05) is 4.57 Å². The molecule has 106 valence electrons. The van der Waals surface area contributed by atoms with E-state index in [4.69, 9.17) is 0 Å². The molecule has 0 spiro atoms. The SMILES string of the molecule is Cc1cc(=O)cc(C)n1Cc1cccc(C(F)(F)F)c1. The average Bonchev–Trinajstić information content (AvgIpc) is 2.33. The largest absolute Gasteiger partial charge is 0.416 e. The van der Waals surface area contributed by atoms with Gasteiger partial charge in [-0.3, -0.25) is 4.79 Å². The molecule has 0 atom stereocenters. The molecule has 0 bridgehead atoms. The van der Waals surface area contributed by atoms with E-state index in [2.05, 4.69) is 0 Å². The lowest BCUT2D eigenvalue weighted by molar-refractivity contribution is -0.137. The lowest BCUT2D eigenvalue weighted by Gasteiger charge is -2.15. The van der Waals surface area contributed by atoms with Crippen LogP contribution in [0.25, 0.3) is 0 Å². The fraction of sp³-hybridized carbons (Fsp3) is 0.267. The summed E-state index contributed by atoms with van der Waals surface area (Å²) in [6.07, 6.45) is -4.34. The summed E-state index contributed by atoms with van der Waals surface area (Å²) in [5, 5.41) is 0. The van der Waals surface area contributed by atoms with Crippen LogP contribution < -0.4 is 5.43 Å². The molecule has 0 saturated heterocycles. The van der Waals surface area contributed by atoms with E-state index in [0.29, 0.717) is 12.1 Å². The second kappa shape index (κ2) is 5.15. The monoisotopic (exact) mass is 281 g/mol. The first-order valence-electron chi connectivity index (χ1n) is 6.11. The Morgan fingerprint density at radius 3 is 2.20 bits per heavy atom. The minimum Gasteiger partial charge on any atom is -0.345 e. The summed E-state index contributed by atoms with van der Waals surface area (Å²) in [4.78, 5) is 11.3. The zero-order valence-electron chi connectivity index (χ0n) is 11.2. The van der Waals surface area contributed by atoms with E-state index in [9.17, 15) is 18.0 Å². The van der Waals surface area contributed by atoms with Crippen molar-refractivity contribution in [2.24, 2.45) is 0 Å². The highest BCUT2D eigenvalue weighted by atomic mass is 19.4. The molecule has 0 N–H and O–H groups in total. The summed E-state index contributed by atoms with van der Waals surface area (Å²) in [5.74, 6) is 0. The zero-order valence-corrected chi connectivity index (χ0v) is 11.2. The molecule has 0 aliphatic carbocycles. The van der Waals surface area contributed by atoms with Crippen LogP contribution in [0.2, 0.25) is 0 Å². The van der Waals surface area contributed by atoms with Crippen LogP contribution in [0.5, 0.6) is 0 Å². The zero-order chi connectivity index (χ0) is 14.9. The maximum absolute atomic E-state index is 12.7. The van der Waals surface area contributed by atoms with Crippen molar-refractivity contribution in [3.8, 4) is 0 Å². The molecular formula is C15H14F3NO. The molecule has 0 aliphatic rings. The first kappa shape index (κ1) is 14.4. The number of rotatable bonds is 2. The smallest absolute Gasteiger partial charge is 0.345 e. The summed E-state index contributed by atoms with van der Waals surface area (Å²) < 4.78 is 39.8. The van der Waals surface area contributed by atoms with E-state index in [0.717, 1.165) is 23.5 Å². The Bertz CT molecular complexity index is 660. The van der Waals surface area contributed by atoms with E-state index in [1.54, 1.807) is 19.9 Å². The van der Waals surface area contributed by atoms with Crippen molar-refractivity contribution in [3.05, 3.63) is 69.1 Å². The van der Waals surface area contributed by atoms with Crippen molar-refractivity contribution in [2.75, 3.05) is 0 Å². The van der Waals surface area contributed by atoms with Crippen LogP contribution in [0.15, 0.2) is 41.2 Å². The van der Waals surface area contributed by atoms with Crippen LogP contribution in [0, 0.1) is 13.8 Å². The average molecular weight is 281 g/mol. The van der Waals surface area contributed by atoms with Crippen molar-refractivity contribution in [1.29, 1.82) is 0 Å². The van der Waals surface area contributed by atoms with Crippen LogP contribution in [-0.2, 0) is 12.7 Å². The van der Waals surface area contributed by atoms with E-state index < -0.39 is 11.7 Å². The molecule has 20 heavy (non-hydrogen) atoms. The molecule has 1 heterocycles. The number of hydrogen-bond donors (Lipinski definition) is 0. The predicted octanol–water partition coefficient (Wildman–Crippen LogP) is 3.53. The summed E-state index contributed by atoms with van der Waals surface area (Å²) in [5.41, 5.74) is 1.25. The lowest BCUT2D eigenvalue weighted by atomic mass is 10.1.